The van der Waals surface area contributed by atoms with Crippen LogP contribution in [0.2, 0.25) is 0 Å². The lowest BCUT2D eigenvalue weighted by atomic mass is 9.70. The third kappa shape index (κ3) is 11.6. The molecule has 0 aromatic carbocycles. The first-order valence-corrected chi connectivity index (χ1v) is 15.5. The average molecular weight is 568 g/mol. The molecule has 0 aromatic heterocycles. The van der Waals surface area contributed by atoms with Crippen LogP contribution in [0.4, 0.5) is 0 Å². The summed E-state index contributed by atoms with van der Waals surface area (Å²) in [5.74, 6) is 1.36. The normalized spacial score (nSPS) is 29.6. The van der Waals surface area contributed by atoms with Crippen LogP contribution in [0.25, 0.3) is 0 Å². The third-order valence-corrected chi connectivity index (χ3v) is 8.41. The van der Waals surface area contributed by atoms with Crippen molar-refractivity contribution in [1.82, 2.24) is 5.32 Å². The zero-order valence-electron chi connectivity index (χ0n) is 29.5. The molecule has 1 N–H and O–H groups in total. The maximum atomic E-state index is 5.86. The molecule has 2 fully saturated rings. The lowest BCUT2D eigenvalue weighted by Crippen LogP contribution is -2.43. The predicted octanol–water partition coefficient (Wildman–Crippen LogP) is 10.1. The Labute approximate surface area is 252 Å². The van der Waals surface area contributed by atoms with Gasteiger partial charge in [0.2, 0.25) is 0 Å². The van der Waals surface area contributed by atoms with Crippen molar-refractivity contribution in [2.24, 2.45) is 44.3 Å². The molecular weight excluding hydrogens is 494 g/mol. The van der Waals surface area contributed by atoms with Gasteiger partial charge < -0.3 is 19.5 Å². The highest BCUT2D eigenvalue weighted by Gasteiger charge is 2.45. The van der Waals surface area contributed by atoms with E-state index in [1.165, 1.54) is 6.42 Å². The maximum Gasteiger partial charge on any atom is 0.147 e. The Morgan fingerprint density at radius 2 is 0.950 bits per heavy atom. The van der Waals surface area contributed by atoms with Crippen molar-refractivity contribution in [3.63, 3.8) is 0 Å². The summed E-state index contributed by atoms with van der Waals surface area (Å²) in [4.78, 5) is 0. The van der Waals surface area contributed by atoms with Gasteiger partial charge in [-0.3, -0.25) is 0 Å². The number of nitrogens with one attached hydrogen (secondary N) is 1. The Morgan fingerprint density at radius 3 is 1.23 bits per heavy atom. The molecule has 0 aromatic rings. The van der Waals surface area contributed by atoms with E-state index in [1.807, 2.05) is 0 Å². The van der Waals surface area contributed by atoms with Crippen molar-refractivity contribution < 1.29 is 14.2 Å². The van der Waals surface area contributed by atoms with Crippen molar-refractivity contribution in [2.75, 3.05) is 13.4 Å². The van der Waals surface area contributed by atoms with E-state index in [2.05, 4.69) is 142 Å². The van der Waals surface area contributed by atoms with E-state index >= 15 is 0 Å². The Morgan fingerprint density at radius 1 is 0.525 bits per heavy atom. The fourth-order valence-electron chi connectivity index (χ4n) is 6.15. The van der Waals surface area contributed by atoms with Gasteiger partial charge in [0.25, 0.3) is 0 Å². The fraction of sp³-hybridized carbons (Fsp3) is 0.944. The molecule has 0 aliphatic carbocycles. The maximum absolute atomic E-state index is 5.86. The van der Waals surface area contributed by atoms with Crippen molar-refractivity contribution >= 4 is 0 Å². The Kier molecular flexibility index (Phi) is 13.6. The van der Waals surface area contributed by atoms with E-state index in [0.29, 0.717) is 47.0 Å². The summed E-state index contributed by atoms with van der Waals surface area (Å²) >= 11 is 0. The second-order valence-electron chi connectivity index (χ2n) is 18.7. The fourth-order valence-corrected chi connectivity index (χ4v) is 6.15. The monoisotopic (exact) mass is 568 g/mol. The van der Waals surface area contributed by atoms with Crippen molar-refractivity contribution in [1.29, 1.82) is 0 Å². The van der Waals surface area contributed by atoms with Gasteiger partial charge in [0.15, 0.2) is 0 Å². The third-order valence-electron chi connectivity index (χ3n) is 8.41. The molecule has 0 amide bonds. The van der Waals surface area contributed by atoms with Crippen LogP contribution in [0.15, 0.2) is 12.3 Å². The zero-order valence-corrected chi connectivity index (χ0v) is 29.5. The van der Waals surface area contributed by atoms with E-state index in [9.17, 15) is 0 Å². The largest absolute Gasteiger partial charge is 0.387 e. The van der Waals surface area contributed by atoms with Crippen molar-refractivity contribution in [3.8, 4) is 0 Å². The molecule has 240 valence electrons. The zero-order chi connectivity index (χ0) is 30.8. The summed E-state index contributed by atoms with van der Waals surface area (Å²) in [5.41, 5.74) is 1.69. The van der Waals surface area contributed by atoms with Crippen LogP contribution < -0.4 is 5.32 Å². The predicted molar refractivity (Wildman–Crippen MR) is 175 cm³/mol. The average Bonchev–Trinajstić information content (AvgIpc) is 3.45. The molecule has 3 rings (SSSR count). The Balaban J connectivity index is 0.000000563. The van der Waals surface area contributed by atoms with Gasteiger partial charge in [-0.1, -0.05) is 138 Å². The van der Waals surface area contributed by atoms with Gasteiger partial charge in [-0.25, -0.2) is 0 Å². The number of rotatable bonds is 0. The lowest BCUT2D eigenvalue weighted by Gasteiger charge is -2.39. The molecule has 3 aliphatic heterocycles. The molecule has 6 unspecified atom stereocenters. The highest BCUT2D eigenvalue weighted by Crippen LogP contribution is 2.44. The van der Waals surface area contributed by atoms with Crippen LogP contribution in [-0.2, 0) is 14.2 Å². The first-order chi connectivity index (χ1) is 17.2. The van der Waals surface area contributed by atoms with Gasteiger partial charge in [-0.2, -0.15) is 0 Å². The highest BCUT2D eigenvalue weighted by atomic mass is 16.7. The molecule has 4 heteroatoms. The van der Waals surface area contributed by atoms with Crippen LogP contribution in [0, 0.1) is 44.3 Å². The van der Waals surface area contributed by atoms with Crippen LogP contribution in [0.3, 0.4) is 0 Å². The highest BCUT2D eigenvalue weighted by molar-refractivity contribution is 5.09. The molecule has 0 spiro atoms. The van der Waals surface area contributed by atoms with Crippen molar-refractivity contribution in [2.45, 2.75) is 163 Å². The topological polar surface area (TPSA) is 39.7 Å². The van der Waals surface area contributed by atoms with Gasteiger partial charge in [-0.15, -0.1) is 0 Å². The van der Waals surface area contributed by atoms with E-state index in [-0.39, 0.29) is 35.9 Å². The summed E-state index contributed by atoms with van der Waals surface area (Å²) in [5, 5.41) is 3.47. The molecule has 4 nitrogen and oxygen atoms in total. The molecule has 0 saturated carbocycles. The van der Waals surface area contributed by atoms with Gasteiger partial charge >= 0.3 is 0 Å². The van der Waals surface area contributed by atoms with Crippen LogP contribution >= 0.6 is 0 Å². The summed E-state index contributed by atoms with van der Waals surface area (Å²) in [6.45, 7) is 42.3. The van der Waals surface area contributed by atoms with Crippen LogP contribution in [-0.4, -0.2) is 37.8 Å². The smallest absolute Gasteiger partial charge is 0.147 e. The quantitative estimate of drug-likeness (QED) is 0.316. The van der Waals surface area contributed by atoms with Gasteiger partial charge in [0.05, 0.1) is 18.3 Å². The van der Waals surface area contributed by atoms with Crippen LogP contribution in [0.1, 0.15) is 138 Å². The molecule has 0 radical (unpaired) electrons. The molecule has 40 heavy (non-hydrogen) atoms. The number of hydrogen-bond donors (Lipinski definition) is 1. The summed E-state index contributed by atoms with van der Waals surface area (Å²) in [6, 6.07) is 0.576. The Hall–Kier alpha value is -0.580. The standard InChI is InChI=1S/C12H23N.C12H24O.C11H22O2.CH4/c2*1-11(2,3)9-7-8-13-10(9)12(4,5)6;1-10(2,3)8-9(11(4,5)6)13-7-12-8;/h7-10,13H,1-6H3;9-10H,7-8H2,1-6H3;8-9H,7H2,1-6H3;1H4. The minimum Gasteiger partial charge on any atom is -0.387 e. The first kappa shape index (κ1) is 39.4. The molecule has 6 atom stereocenters. The first-order valence-electron chi connectivity index (χ1n) is 15.5. The van der Waals surface area contributed by atoms with E-state index in [1.54, 1.807) is 0 Å². The lowest BCUT2D eigenvalue weighted by molar-refractivity contribution is -0.0179. The minimum absolute atomic E-state index is 0. The molecule has 0 bridgehead atoms. The van der Waals surface area contributed by atoms with Crippen molar-refractivity contribution in [3.05, 3.63) is 12.3 Å². The van der Waals surface area contributed by atoms with E-state index in [4.69, 9.17) is 14.2 Å². The summed E-state index contributed by atoms with van der Waals surface area (Å²) in [7, 11) is 0. The number of hydrogen-bond acceptors (Lipinski definition) is 4. The van der Waals surface area contributed by atoms with Gasteiger partial charge in [-0.05, 0) is 51.0 Å². The van der Waals surface area contributed by atoms with Gasteiger partial charge in [0.1, 0.15) is 6.79 Å². The van der Waals surface area contributed by atoms with E-state index in [0.717, 1.165) is 6.61 Å². The number of ether oxygens (including phenoxy) is 3. The summed E-state index contributed by atoms with van der Waals surface area (Å²) in [6.07, 6.45) is 6.53. The summed E-state index contributed by atoms with van der Waals surface area (Å²) < 4.78 is 17.1. The molecule has 3 heterocycles. The second kappa shape index (κ2) is 13.8. The molecule has 2 saturated heterocycles. The Bertz CT molecular complexity index is 655. The van der Waals surface area contributed by atoms with Crippen LogP contribution in [0.5, 0.6) is 0 Å². The second-order valence-corrected chi connectivity index (χ2v) is 18.7. The van der Waals surface area contributed by atoms with Gasteiger partial charge in [0, 0.05) is 18.6 Å². The van der Waals surface area contributed by atoms with E-state index < -0.39 is 0 Å². The minimum atomic E-state index is 0. The molecule has 3 aliphatic rings. The molecular formula is C36H73NO3. The SMILES string of the molecule is C.CC(C)(C)C1C=CNC1C(C)(C)C.CC(C)(C)C1CCOC1C(C)(C)C.CC(C)(C)C1OCOC1C(C)(C)C.